The average molecular weight is 162 g/mol. The van der Waals surface area contributed by atoms with Crippen LogP contribution in [-0.2, 0) is 4.74 Å². The normalized spacial score (nSPS) is 16.4. The molecule has 0 aliphatic heterocycles. The number of aliphatic hydroxyl groups is 2. The Balaban J connectivity index is 3.28. The molecule has 2 N–H and O–H groups in total. The summed E-state index contributed by atoms with van der Waals surface area (Å²) in [4.78, 5) is 0. The van der Waals surface area contributed by atoms with E-state index in [1.807, 2.05) is 6.92 Å². The summed E-state index contributed by atoms with van der Waals surface area (Å²) >= 11 is 0. The number of hydrogen-bond donors (Lipinski definition) is 2. The van der Waals surface area contributed by atoms with E-state index in [0.717, 1.165) is 6.42 Å². The summed E-state index contributed by atoms with van der Waals surface area (Å²) in [7, 11) is 1.63. The van der Waals surface area contributed by atoms with Crippen molar-refractivity contribution in [2.24, 2.45) is 0 Å². The van der Waals surface area contributed by atoms with E-state index in [1.54, 1.807) is 7.11 Å². The quantitative estimate of drug-likeness (QED) is 0.561. The lowest BCUT2D eigenvalue weighted by Gasteiger charge is -2.15. The second-order valence-corrected chi connectivity index (χ2v) is 2.68. The summed E-state index contributed by atoms with van der Waals surface area (Å²) in [6, 6.07) is 0. The van der Waals surface area contributed by atoms with Crippen molar-refractivity contribution < 1.29 is 14.9 Å². The third kappa shape index (κ3) is 5.18. The molecule has 0 heterocycles. The molecular formula is C8H18O3. The number of hydrogen-bond acceptors (Lipinski definition) is 3. The zero-order valence-electron chi connectivity index (χ0n) is 7.29. The van der Waals surface area contributed by atoms with Gasteiger partial charge in [-0.1, -0.05) is 6.92 Å². The summed E-state index contributed by atoms with van der Waals surface area (Å²) in [6.45, 7) is 2.50. The van der Waals surface area contributed by atoms with Crippen LogP contribution >= 0.6 is 0 Å². The molecular weight excluding hydrogens is 144 g/mol. The van der Waals surface area contributed by atoms with E-state index in [-0.39, 0.29) is 0 Å². The van der Waals surface area contributed by atoms with Crippen molar-refractivity contribution in [2.75, 3.05) is 13.7 Å². The first kappa shape index (κ1) is 10.9. The van der Waals surface area contributed by atoms with Crippen molar-refractivity contribution in [2.45, 2.75) is 38.4 Å². The highest BCUT2D eigenvalue weighted by Gasteiger charge is 2.12. The largest absolute Gasteiger partial charge is 0.390 e. The van der Waals surface area contributed by atoms with Crippen molar-refractivity contribution >= 4 is 0 Å². The van der Waals surface area contributed by atoms with Crippen molar-refractivity contribution in [1.82, 2.24) is 0 Å². The third-order valence-corrected chi connectivity index (χ3v) is 1.71. The maximum atomic E-state index is 9.24. The molecule has 2 unspecified atom stereocenters. The van der Waals surface area contributed by atoms with Gasteiger partial charge in [0.05, 0.1) is 12.2 Å². The summed E-state index contributed by atoms with van der Waals surface area (Å²) < 4.78 is 4.81. The second-order valence-electron chi connectivity index (χ2n) is 2.68. The van der Waals surface area contributed by atoms with Crippen LogP contribution in [0.1, 0.15) is 26.2 Å². The molecule has 3 nitrogen and oxygen atoms in total. The van der Waals surface area contributed by atoms with Gasteiger partial charge in [0.15, 0.2) is 0 Å². The summed E-state index contributed by atoms with van der Waals surface area (Å²) in [5.41, 5.74) is 0. The molecule has 0 spiro atoms. The average Bonchev–Trinajstić information content (AvgIpc) is 2.03. The van der Waals surface area contributed by atoms with Crippen molar-refractivity contribution in [3.05, 3.63) is 0 Å². The Hall–Kier alpha value is -0.120. The molecule has 0 bridgehead atoms. The highest BCUT2D eigenvalue weighted by Crippen LogP contribution is 2.05. The van der Waals surface area contributed by atoms with Gasteiger partial charge in [0.1, 0.15) is 0 Å². The molecule has 0 rings (SSSR count). The molecule has 0 aromatic rings. The molecule has 0 fully saturated rings. The van der Waals surface area contributed by atoms with Gasteiger partial charge in [0.25, 0.3) is 0 Å². The highest BCUT2D eigenvalue weighted by atomic mass is 16.5. The molecule has 0 saturated carbocycles. The molecule has 11 heavy (non-hydrogen) atoms. The zero-order valence-corrected chi connectivity index (χ0v) is 7.29. The standard InChI is InChI=1S/C8H18O3/c1-3-7(9)8(10)5-4-6-11-2/h7-10H,3-6H2,1-2H3. The lowest BCUT2D eigenvalue weighted by molar-refractivity contribution is 0.00809. The van der Waals surface area contributed by atoms with E-state index < -0.39 is 12.2 Å². The Kier molecular flexibility index (Phi) is 6.51. The fraction of sp³-hybridized carbons (Fsp3) is 1.00. The van der Waals surface area contributed by atoms with Gasteiger partial charge in [0, 0.05) is 13.7 Å². The van der Waals surface area contributed by atoms with Gasteiger partial charge in [-0.3, -0.25) is 0 Å². The van der Waals surface area contributed by atoms with Crippen LogP contribution in [0.15, 0.2) is 0 Å². The van der Waals surface area contributed by atoms with E-state index in [2.05, 4.69) is 0 Å². The zero-order chi connectivity index (χ0) is 8.69. The van der Waals surface area contributed by atoms with Gasteiger partial charge in [-0.05, 0) is 19.3 Å². The molecule has 0 aliphatic rings. The van der Waals surface area contributed by atoms with Crippen molar-refractivity contribution in [1.29, 1.82) is 0 Å². The van der Waals surface area contributed by atoms with Gasteiger partial charge in [0.2, 0.25) is 0 Å². The minimum atomic E-state index is -0.588. The molecule has 0 radical (unpaired) electrons. The molecule has 0 aliphatic carbocycles. The smallest absolute Gasteiger partial charge is 0.0799 e. The van der Waals surface area contributed by atoms with E-state index in [0.29, 0.717) is 19.4 Å². The summed E-state index contributed by atoms with van der Waals surface area (Å²) in [5, 5.41) is 18.4. The minimum Gasteiger partial charge on any atom is -0.390 e. The van der Waals surface area contributed by atoms with Gasteiger partial charge in [-0.15, -0.1) is 0 Å². The first-order valence-corrected chi connectivity index (χ1v) is 4.07. The number of aliphatic hydroxyl groups excluding tert-OH is 2. The molecule has 0 saturated heterocycles. The lowest BCUT2D eigenvalue weighted by atomic mass is 10.1. The minimum absolute atomic E-state index is 0.577. The number of ether oxygens (including phenoxy) is 1. The van der Waals surface area contributed by atoms with Crippen LogP contribution in [0.3, 0.4) is 0 Å². The fourth-order valence-electron chi connectivity index (χ4n) is 0.901. The number of rotatable bonds is 6. The van der Waals surface area contributed by atoms with Gasteiger partial charge < -0.3 is 14.9 Å². The van der Waals surface area contributed by atoms with Crippen LogP contribution in [0.4, 0.5) is 0 Å². The van der Waals surface area contributed by atoms with Crippen LogP contribution in [-0.4, -0.2) is 36.1 Å². The Morgan fingerprint density at radius 3 is 2.36 bits per heavy atom. The highest BCUT2D eigenvalue weighted by molar-refractivity contribution is 4.64. The number of methoxy groups -OCH3 is 1. The monoisotopic (exact) mass is 162 g/mol. The van der Waals surface area contributed by atoms with Crippen LogP contribution in [0, 0.1) is 0 Å². The Labute approximate surface area is 68.0 Å². The second kappa shape index (κ2) is 6.58. The first-order chi connectivity index (χ1) is 5.22. The van der Waals surface area contributed by atoms with Crippen molar-refractivity contribution in [3.63, 3.8) is 0 Å². The predicted octanol–water partition coefficient (Wildman–Crippen LogP) is 0.545. The van der Waals surface area contributed by atoms with Crippen LogP contribution in [0.5, 0.6) is 0 Å². The summed E-state index contributed by atoms with van der Waals surface area (Å²) in [6.07, 6.45) is 0.855. The SMILES string of the molecule is CCC(O)C(O)CCCOC. The van der Waals surface area contributed by atoms with E-state index in [1.165, 1.54) is 0 Å². The molecule has 2 atom stereocenters. The summed E-state index contributed by atoms with van der Waals surface area (Å²) in [5.74, 6) is 0. The van der Waals surface area contributed by atoms with E-state index in [4.69, 9.17) is 9.84 Å². The topological polar surface area (TPSA) is 49.7 Å². The predicted molar refractivity (Wildman–Crippen MR) is 43.4 cm³/mol. The molecule has 68 valence electrons. The third-order valence-electron chi connectivity index (χ3n) is 1.71. The first-order valence-electron chi connectivity index (χ1n) is 4.07. The van der Waals surface area contributed by atoms with E-state index >= 15 is 0 Å². The molecule has 0 aromatic carbocycles. The maximum absolute atomic E-state index is 9.24. The van der Waals surface area contributed by atoms with Gasteiger partial charge in [-0.2, -0.15) is 0 Å². The lowest BCUT2D eigenvalue weighted by Crippen LogP contribution is -2.25. The maximum Gasteiger partial charge on any atom is 0.0799 e. The Morgan fingerprint density at radius 2 is 1.91 bits per heavy atom. The van der Waals surface area contributed by atoms with Gasteiger partial charge in [-0.25, -0.2) is 0 Å². The molecule has 3 heteroatoms. The molecule has 0 amide bonds. The van der Waals surface area contributed by atoms with Gasteiger partial charge >= 0.3 is 0 Å². The van der Waals surface area contributed by atoms with Crippen LogP contribution in [0.2, 0.25) is 0 Å². The Morgan fingerprint density at radius 1 is 1.27 bits per heavy atom. The van der Waals surface area contributed by atoms with E-state index in [9.17, 15) is 5.11 Å². The van der Waals surface area contributed by atoms with Crippen LogP contribution in [0.25, 0.3) is 0 Å². The Bertz CT molecular complexity index is 85.4. The molecule has 0 aromatic heterocycles. The fourth-order valence-corrected chi connectivity index (χ4v) is 0.901. The van der Waals surface area contributed by atoms with Crippen molar-refractivity contribution in [3.8, 4) is 0 Å². The van der Waals surface area contributed by atoms with Crippen LogP contribution < -0.4 is 0 Å².